The van der Waals surface area contributed by atoms with Gasteiger partial charge >= 0.3 is 0 Å². The van der Waals surface area contributed by atoms with Crippen molar-refractivity contribution < 1.29 is 0 Å². The standard InChI is InChI=1S/C10H11BrClN/c11-9-4-1-3-8(10(9)12)7-13-5-2-6-13/h1,3-4H,2,5-7H2. The van der Waals surface area contributed by atoms with Gasteiger partial charge in [-0.2, -0.15) is 0 Å². The van der Waals surface area contributed by atoms with Crippen LogP contribution in [0.5, 0.6) is 0 Å². The molecule has 0 saturated carbocycles. The van der Waals surface area contributed by atoms with Crippen molar-refractivity contribution in [1.82, 2.24) is 4.90 Å². The third-order valence-electron chi connectivity index (χ3n) is 2.37. The second-order valence-electron chi connectivity index (χ2n) is 3.34. The largest absolute Gasteiger partial charge is 0.299 e. The lowest BCUT2D eigenvalue weighted by molar-refractivity contribution is 0.172. The quantitative estimate of drug-likeness (QED) is 0.788. The van der Waals surface area contributed by atoms with Gasteiger partial charge < -0.3 is 0 Å². The van der Waals surface area contributed by atoms with Gasteiger partial charge in [-0.05, 0) is 47.1 Å². The van der Waals surface area contributed by atoms with Gasteiger partial charge in [0.25, 0.3) is 0 Å². The van der Waals surface area contributed by atoms with Gasteiger partial charge in [-0.1, -0.05) is 23.7 Å². The zero-order valence-corrected chi connectivity index (χ0v) is 9.61. The molecule has 0 unspecified atom stereocenters. The fourth-order valence-electron chi connectivity index (χ4n) is 1.45. The Balaban J connectivity index is 2.14. The van der Waals surface area contributed by atoms with E-state index in [1.54, 1.807) is 0 Å². The summed E-state index contributed by atoms with van der Waals surface area (Å²) in [7, 11) is 0. The highest BCUT2D eigenvalue weighted by Gasteiger charge is 2.15. The predicted octanol–water partition coefficient (Wildman–Crippen LogP) is 3.31. The van der Waals surface area contributed by atoms with E-state index in [-0.39, 0.29) is 0 Å². The van der Waals surface area contributed by atoms with E-state index in [1.165, 1.54) is 25.1 Å². The van der Waals surface area contributed by atoms with Gasteiger partial charge in [-0.25, -0.2) is 0 Å². The Hall–Kier alpha value is -0.0500. The minimum absolute atomic E-state index is 0.856. The molecule has 0 aliphatic carbocycles. The molecule has 1 fully saturated rings. The first-order valence-electron chi connectivity index (χ1n) is 4.42. The van der Waals surface area contributed by atoms with Crippen LogP contribution in [-0.4, -0.2) is 18.0 Å². The molecular weight excluding hydrogens is 249 g/mol. The molecule has 1 heterocycles. The molecule has 0 atom stereocenters. The van der Waals surface area contributed by atoms with Gasteiger partial charge in [0.2, 0.25) is 0 Å². The van der Waals surface area contributed by atoms with Crippen molar-refractivity contribution in [3.05, 3.63) is 33.3 Å². The van der Waals surface area contributed by atoms with E-state index in [1.807, 2.05) is 12.1 Å². The predicted molar refractivity (Wildman–Crippen MR) is 59.0 cm³/mol. The average molecular weight is 261 g/mol. The van der Waals surface area contributed by atoms with Crippen molar-refractivity contribution in [2.75, 3.05) is 13.1 Å². The number of hydrogen-bond donors (Lipinski definition) is 0. The van der Waals surface area contributed by atoms with Crippen LogP contribution < -0.4 is 0 Å². The van der Waals surface area contributed by atoms with E-state index >= 15 is 0 Å². The summed E-state index contributed by atoms with van der Waals surface area (Å²) in [4.78, 5) is 2.40. The maximum atomic E-state index is 6.14. The second-order valence-corrected chi connectivity index (χ2v) is 4.57. The van der Waals surface area contributed by atoms with Crippen LogP contribution in [0, 0.1) is 0 Å². The number of likely N-dealkylation sites (tertiary alicyclic amines) is 1. The Kier molecular flexibility index (Phi) is 2.92. The number of rotatable bonds is 2. The summed E-state index contributed by atoms with van der Waals surface area (Å²) in [5.74, 6) is 0. The molecule has 70 valence electrons. The highest BCUT2D eigenvalue weighted by atomic mass is 79.9. The van der Waals surface area contributed by atoms with Crippen molar-refractivity contribution in [2.45, 2.75) is 13.0 Å². The van der Waals surface area contributed by atoms with Crippen LogP contribution >= 0.6 is 27.5 Å². The van der Waals surface area contributed by atoms with E-state index < -0.39 is 0 Å². The molecule has 1 aliphatic heterocycles. The first kappa shape index (κ1) is 9.50. The van der Waals surface area contributed by atoms with Gasteiger partial charge in [0.05, 0.1) is 5.02 Å². The third-order valence-corrected chi connectivity index (χ3v) is 3.71. The minimum atomic E-state index is 0.856. The Morgan fingerprint density at radius 3 is 2.77 bits per heavy atom. The van der Waals surface area contributed by atoms with Crippen LogP contribution in [0.3, 0.4) is 0 Å². The Morgan fingerprint density at radius 1 is 1.38 bits per heavy atom. The van der Waals surface area contributed by atoms with Crippen LogP contribution in [0.1, 0.15) is 12.0 Å². The van der Waals surface area contributed by atoms with E-state index in [0.29, 0.717) is 0 Å². The monoisotopic (exact) mass is 259 g/mol. The number of benzene rings is 1. The molecule has 1 aliphatic rings. The number of hydrogen-bond acceptors (Lipinski definition) is 1. The zero-order chi connectivity index (χ0) is 9.26. The summed E-state index contributed by atoms with van der Waals surface area (Å²) >= 11 is 9.57. The lowest BCUT2D eigenvalue weighted by atomic mass is 10.1. The SMILES string of the molecule is Clc1c(Br)cccc1CN1CCC1. The molecule has 1 aromatic carbocycles. The van der Waals surface area contributed by atoms with E-state index in [2.05, 4.69) is 26.9 Å². The van der Waals surface area contributed by atoms with E-state index in [4.69, 9.17) is 11.6 Å². The fraction of sp³-hybridized carbons (Fsp3) is 0.400. The average Bonchev–Trinajstić information content (AvgIpc) is 2.04. The summed E-state index contributed by atoms with van der Waals surface area (Å²) in [5.41, 5.74) is 1.22. The maximum Gasteiger partial charge on any atom is 0.0593 e. The number of nitrogens with zero attached hydrogens (tertiary/aromatic N) is 1. The fourth-order valence-corrected chi connectivity index (χ4v) is 2.04. The van der Waals surface area contributed by atoms with Gasteiger partial charge in [-0.3, -0.25) is 4.90 Å². The Bertz CT molecular complexity index is 310. The lowest BCUT2D eigenvalue weighted by Crippen LogP contribution is -2.36. The van der Waals surface area contributed by atoms with Crippen LogP contribution in [0.4, 0.5) is 0 Å². The Labute approximate surface area is 91.8 Å². The first-order chi connectivity index (χ1) is 6.27. The molecule has 1 aromatic rings. The van der Waals surface area contributed by atoms with Crippen LogP contribution in [-0.2, 0) is 6.54 Å². The van der Waals surface area contributed by atoms with Crippen molar-refractivity contribution >= 4 is 27.5 Å². The van der Waals surface area contributed by atoms with Crippen molar-refractivity contribution in [3.8, 4) is 0 Å². The highest BCUT2D eigenvalue weighted by Crippen LogP contribution is 2.27. The molecule has 0 aromatic heterocycles. The molecule has 0 bridgehead atoms. The number of halogens is 2. The van der Waals surface area contributed by atoms with Gasteiger partial charge in [0.15, 0.2) is 0 Å². The normalized spacial score (nSPS) is 17.1. The molecule has 3 heteroatoms. The molecule has 0 radical (unpaired) electrons. The molecule has 13 heavy (non-hydrogen) atoms. The second kappa shape index (κ2) is 3.99. The Morgan fingerprint density at radius 2 is 2.15 bits per heavy atom. The molecular formula is C10H11BrClN. The molecule has 0 N–H and O–H groups in total. The first-order valence-corrected chi connectivity index (χ1v) is 5.60. The highest BCUT2D eigenvalue weighted by molar-refractivity contribution is 9.10. The van der Waals surface area contributed by atoms with Crippen LogP contribution in [0.25, 0.3) is 0 Å². The van der Waals surface area contributed by atoms with Gasteiger partial charge in [0, 0.05) is 11.0 Å². The van der Waals surface area contributed by atoms with Crippen molar-refractivity contribution in [1.29, 1.82) is 0 Å². The molecule has 1 saturated heterocycles. The smallest absolute Gasteiger partial charge is 0.0593 e. The summed E-state index contributed by atoms with van der Waals surface area (Å²) in [6.07, 6.45) is 1.33. The summed E-state index contributed by atoms with van der Waals surface area (Å²) in [6, 6.07) is 6.10. The van der Waals surface area contributed by atoms with Gasteiger partial charge in [0.1, 0.15) is 0 Å². The van der Waals surface area contributed by atoms with Gasteiger partial charge in [-0.15, -0.1) is 0 Å². The third kappa shape index (κ3) is 2.06. The molecule has 1 nitrogen and oxygen atoms in total. The van der Waals surface area contributed by atoms with E-state index in [9.17, 15) is 0 Å². The summed E-state index contributed by atoms with van der Waals surface area (Å²) in [5, 5.41) is 0.856. The molecule has 0 amide bonds. The zero-order valence-electron chi connectivity index (χ0n) is 7.26. The van der Waals surface area contributed by atoms with Crippen LogP contribution in [0.2, 0.25) is 5.02 Å². The van der Waals surface area contributed by atoms with Crippen molar-refractivity contribution in [2.24, 2.45) is 0 Å². The summed E-state index contributed by atoms with van der Waals surface area (Å²) < 4.78 is 0.993. The topological polar surface area (TPSA) is 3.24 Å². The van der Waals surface area contributed by atoms with E-state index in [0.717, 1.165) is 16.0 Å². The molecule has 0 spiro atoms. The summed E-state index contributed by atoms with van der Waals surface area (Å²) in [6.45, 7) is 3.41. The van der Waals surface area contributed by atoms with Crippen molar-refractivity contribution in [3.63, 3.8) is 0 Å². The minimum Gasteiger partial charge on any atom is -0.299 e. The molecule has 2 rings (SSSR count). The lowest BCUT2D eigenvalue weighted by Gasteiger charge is -2.31. The van der Waals surface area contributed by atoms with Crippen LogP contribution in [0.15, 0.2) is 22.7 Å². The maximum absolute atomic E-state index is 6.14.